The average Bonchev–Trinajstić information content (AvgIpc) is 2.36. The number of rotatable bonds is 4. The molecule has 0 radical (unpaired) electrons. The summed E-state index contributed by atoms with van der Waals surface area (Å²) in [4.78, 5) is 13.3. The maximum Gasteiger partial charge on any atom is 0.323 e. The summed E-state index contributed by atoms with van der Waals surface area (Å²) >= 11 is 23.4. The summed E-state index contributed by atoms with van der Waals surface area (Å²) in [6.45, 7) is 2.03. The van der Waals surface area contributed by atoms with Crippen molar-refractivity contribution in [3.05, 3.63) is 29.3 Å². The Morgan fingerprint density at radius 1 is 1.40 bits per heavy atom. The Morgan fingerprint density at radius 3 is 2.50 bits per heavy atom. The molecule has 1 N–H and O–H groups in total. The van der Waals surface area contributed by atoms with E-state index in [1.165, 1.54) is 11.9 Å². The lowest BCUT2D eigenvalue weighted by Gasteiger charge is -2.32. The fourth-order valence-corrected chi connectivity index (χ4v) is 2.27. The lowest BCUT2D eigenvalue weighted by molar-refractivity contribution is -0.0158. The Bertz CT molecular complexity index is 465. The van der Waals surface area contributed by atoms with E-state index in [4.69, 9.17) is 51.1 Å². The Balaban J connectivity index is 2.82. The number of hydrogen-bond donors (Lipinski definition) is 1. The van der Waals surface area contributed by atoms with E-state index >= 15 is 0 Å². The van der Waals surface area contributed by atoms with Gasteiger partial charge in [-0.05, 0) is 19.1 Å². The van der Waals surface area contributed by atoms with Gasteiger partial charge in [-0.1, -0.05) is 58.5 Å². The van der Waals surface area contributed by atoms with Gasteiger partial charge in [-0.3, -0.25) is 4.90 Å². The van der Waals surface area contributed by atoms with Crippen LogP contribution >= 0.6 is 46.4 Å². The third-order valence-corrected chi connectivity index (χ3v) is 3.28. The molecule has 1 unspecified atom stereocenters. The van der Waals surface area contributed by atoms with Crippen molar-refractivity contribution in [2.75, 3.05) is 19.0 Å². The molecular formula is C12H14Cl4N2O2. The first-order valence-corrected chi connectivity index (χ1v) is 7.25. The van der Waals surface area contributed by atoms with Crippen LogP contribution in [0.15, 0.2) is 24.3 Å². The van der Waals surface area contributed by atoms with Crippen LogP contribution < -0.4 is 5.32 Å². The zero-order valence-corrected chi connectivity index (χ0v) is 13.9. The summed E-state index contributed by atoms with van der Waals surface area (Å²) in [7, 11) is 1.47. The number of hydrogen-bond acceptors (Lipinski definition) is 2. The van der Waals surface area contributed by atoms with E-state index in [0.29, 0.717) is 17.3 Å². The Hall–Kier alpha value is -0.390. The van der Waals surface area contributed by atoms with Gasteiger partial charge in [-0.2, -0.15) is 0 Å². The summed E-state index contributed by atoms with van der Waals surface area (Å²) in [5.74, 6) is 0. The molecule has 8 heteroatoms. The number of urea groups is 1. The number of benzene rings is 1. The summed E-state index contributed by atoms with van der Waals surface area (Å²) in [5.41, 5.74) is 0.464. The number of para-hydroxylation sites is 1. The molecule has 0 bridgehead atoms. The van der Waals surface area contributed by atoms with Crippen molar-refractivity contribution in [3.63, 3.8) is 0 Å². The zero-order valence-electron chi connectivity index (χ0n) is 10.9. The van der Waals surface area contributed by atoms with Gasteiger partial charge in [0.05, 0.1) is 10.7 Å². The molecule has 1 atom stereocenters. The van der Waals surface area contributed by atoms with Crippen LogP contribution in [0.5, 0.6) is 0 Å². The highest BCUT2D eigenvalue weighted by atomic mass is 35.6. The van der Waals surface area contributed by atoms with Crippen molar-refractivity contribution in [2.24, 2.45) is 0 Å². The second-order valence-corrected chi connectivity index (χ2v) is 6.65. The van der Waals surface area contributed by atoms with Crippen LogP contribution in [0.25, 0.3) is 0 Å². The molecule has 0 heterocycles. The number of nitrogens with one attached hydrogen (secondary N) is 1. The standard InChI is InChI=1S/C12H14Cl4N2O2/c1-3-20-10(12(14,15)16)18(2)11(19)17-9-7-5-4-6-8(9)13/h4-7,10H,3H2,1-2H3,(H,17,19). The van der Waals surface area contributed by atoms with Crippen molar-refractivity contribution in [1.29, 1.82) is 0 Å². The molecule has 0 aliphatic carbocycles. The van der Waals surface area contributed by atoms with Gasteiger partial charge in [0.1, 0.15) is 0 Å². The van der Waals surface area contributed by atoms with E-state index in [0.717, 1.165) is 0 Å². The average molecular weight is 360 g/mol. The van der Waals surface area contributed by atoms with E-state index in [1.54, 1.807) is 31.2 Å². The molecule has 2 amide bonds. The Morgan fingerprint density at radius 2 is 2.00 bits per heavy atom. The van der Waals surface area contributed by atoms with Crippen molar-refractivity contribution in [1.82, 2.24) is 4.90 Å². The molecule has 0 spiro atoms. The molecule has 0 aliphatic heterocycles. The number of amides is 2. The van der Waals surface area contributed by atoms with Gasteiger partial charge in [0.2, 0.25) is 3.79 Å². The molecule has 0 saturated carbocycles. The number of carbonyl (C=O) groups is 1. The van der Waals surface area contributed by atoms with Gasteiger partial charge in [-0.25, -0.2) is 4.79 Å². The van der Waals surface area contributed by atoms with Gasteiger partial charge < -0.3 is 10.1 Å². The van der Waals surface area contributed by atoms with E-state index < -0.39 is 16.1 Å². The monoisotopic (exact) mass is 358 g/mol. The zero-order chi connectivity index (χ0) is 15.3. The number of ether oxygens (including phenoxy) is 1. The van der Waals surface area contributed by atoms with Crippen molar-refractivity contribution < 1.29 is 9.53 Å². The Kier molecular flexibility index (Phi) is 6.69. The van der Waals surface area contributed by atoms with Crippen molar-refractivity contribution in [3.8, 4) is 0 Å². The van der Waals surface area contributed by atoms with Crippen molar-refractivity contribution in [2.45, 2.75) is 16.9 Å². The van der Waals surface area contributed by atoms with Crippen LogP contribution in [0.3, 0.4) is 0 Å². The highest BCUT2D eigenvalue weighted by Crippen LogP contribution is 2.34. The lowest BCUT2D eigenvalue weighted by Crippen LogP contribution is -2.48. The van der Waals surface area contributed by atoms with E-state index in [9.17, 15) is 4.79 Å². The van der Waals surface area contributed by atoms with Crippen LogP contribution in [0, 0.1) is 0 Å². The maximum absolute atomic E-state index is 12.1. The first kappa shape index (κ1) is 17.7. The molecule has 1 aromatic rings. The SMILES string of the molecule is CCOC(N(C)C(=O)Nc1ccccc1Cl)C(Cl)(Cl)Cl. The molecule has 1 rings (SSSR count). The second-order valence-electron chi connectivity index (χ2n) is 3.87. The molecule has 1 aromatic carbocycles. The fourth-order valence-electron chi connectivity index (χ4n) is 1.46. The number of anilines is 1. The topological polar surface area (TPSA) is 41.6 Å². The first-order chi connectivity index (χ1) is 9.27. The van der Waals surface area contributed by atoms with Gasteiger partial charge in [0.25, 0.3) is 0 Å². The molecule has 0 fully saturated rings. The lowest BCUT2D eigenvalue weighted by atomic mass is 10.3. The highest BCUT2D eigenvalue weighted by molar-refractivity contribution is 6.68. The minimum absolute atomic E-state index is 0.294. The van der Waals surface area contributed by atoms with Gasteiger partial charge in [0, 0.05) is 13.7 Å². The molecule has 0 aliphatic rings. The largest absolute Gasteiger partial charge is 0.354 e. The number of carbonyl (C=O) groups excluding carboxylic acids is 1. The summed E-state index contributed by atoms with van der Waals surface area (Å²) in [6, 6.07) is 6.33. The molecule has 0 saturated heterocycles. The third-order valence-electron chi connectivity index (χ3n) is 2.39. The third kappa shape index (κ3) is 4.86. The Labute approximate surface area is 137 Å². The highest BCUT2D eigenvalue weighted by Gasteiger charge is 2.38. The van der Waals surface area contributed by atoms with E-state index in [1.807, 2.05) is 0 Å². The van der Waals surface area contributed by atoms with Gasteiger partial charge >= 0.3 is 6.03 Å². The van der Waals surface area contributed by atoms with Gasteiger partial charge in [-0.15, -0.1) is 0 Å². The van der Waals surface area contributed by atoms with Crippen molar-refractivity contribution >= 4 is 58.1 Å². The molecule has 0 aromatic heterocycles. The van der Waals surface area contributed by atoms with E-state index in [-0.39, 0.29) is 0 Å². The fraction of sp³-hybridized carbons (Fsp3) is 0.417. The van der Waals surface area contributed by atoms with Crippen LogP contribution in [-0.2, 0) is 4.74 Å². The molecule has 112 valence electrons. The number of alkyl halides is 3. The summed E-state index contributed by atoms with van der Waals surface area (Å²) < 4.78 is 3.53. The van der Waals surface area contributed by atoms with Crippen LogP contribution in [0.4, 0.5) is 10.5 Å². The van der Waals surface area contributed by atoms with E-state index in [2.05, 4.69) is 5.32 Å². The molecular weight excluding hydrogens is 346 g/mol. The predicted octanol–water partition coefficient (Wildman–Crippen LogP) is 4.54. The number of halogens is 4. The minimum Gasteiger partial charge on any atom is -0.354 e. The summed E-state index contributed by atoms with van der Waals surface area (Å²) in [6.07, 6.45) is -1.01. The number of nitrogens with zero attached hydrogens (tertiary/aromatic N) is 1. The molecule has 20 heavy (non-hydrogen) atoms. The normalized spacial score (nSPS) is 12.9. The van der Waals surface area contributed by atoms with Crippen LogP contribution in [0.1, 0.15) is 6.92 Å². The van der Waals surface area contributed by atoms with Gasteiger partial charge in [0.15, 0.2) is 6.23 Å². The maximum atomic E-state index is 12.1. The summed E-state index contributed by atoms with van der Waals surface area (Å²) in [5, 5.41) is 3.03. The second kappa shape index (κ2) is 7.57. The van der Waals surface area contributed by atoms with Crippen LogP contribution in [0.2, 0.25) is 5.02 Å². The molecule has 4 nitrogen and oxygen atoms in total. The smallest absolute Gasteiger partial charge is 0.323 e. The van der Waals surface area contributed by atoms with Crippen LogP contribution in [-0.4, -0.2) is 34.6 Å². The minimum atomic E-state index is -1.76. The predicted molar refractivity (Wildman–Crippen MR) is 83.9 cm³/mol. The first-order valence-electron chi connectivity index (χ1n) is 5.74. The quantitative estimate of drug-likeness (QED) is 0.633.